The molecule has 1 atom stereocenters. The molecule has 1 fully saturated rings. The fourth-order valence-electron chi connectivity index (χ4n) is 3.44. The maximum Gasteiger partial charge on any atom is 0.417 e. The number of aryl methyl sites for hydroxylation is 1. The van der Waals surface area contributed by atoms with Gasteiger partial charge in [-0.15, -0.1) is 0 Å². The molecule has 0 N–H and O–H groups in total. The van der Waals surface area contributed by atoms with Crippen LogP contribution in [0.4, 0.5) is 13.2 Å². The van der Waals surface area contributed by atoms with E-state index in [4.69, 9.17) is 10.00 Å². The van der Waals surface area contributed by atoms with E-state index in [9.17, 15) is 26.4 Å². The van der Waals surface area contributed by atoms with Crippen molar-refractivity contribution in [2.75, 3.05) is 6.54 Å². The van der Waals surface area contributed by atoms with Crippen LogP contribution >= 0.6 is 0 Å². The summed E-state index contributed by atoms with van der Waals surface area (Å²) in [6.45, 7) is 4.59. The van der Waals surface area contributed by atoms with Crippen LogP contribution in [0.1, 0.15) is 30.5 Å². The van der Waals surface area contributed by atoms with E-state index in [0.717, 1.165) is 12.1 Å². The van der Waals surface area contributed by atoms with Gasteiger partial charge in [0.1, 0.15) is 5.75 Å². The molecule has 1 heterocycles. The Morgan fingerprint density at radius 1 is 1.19 bits per heavy atom. The molecule has 0 spiro atoms. The molecule has 0 bridgehead atoms. The summed E-state index contributed by atoms with van der Waals surface area (Å²) in [4.78, 5) is 13.0. The summed E-state index contributed by atoms with van der Waals surface area (Å²) in [5.41, 5.74) is -2.33. The predicted octanol–water partition coefficient (Wildman–Crippen LogP) is 3.89. The van der Waals surface area contributed by atoms with Crippen LogP contribution < -0.4 is 4.74 Å². The molecule has 10 heteroatoms. The quantitative estimate of drug-likeness (QED) is 0.702. The lowest BCUT2D eigenvalue weighted by molar-refractivity contribution is -0.137. The van der Waals surface area contributed by atoms with Crippen molar-refractivity contribution in [3.63, 3.8) is 0 Å². The summed E-state index contributed by atoms with van der Waals surface area (Å²) in [6.07, 6.45) is -6.12. The average molecular weight is 452 g/mol. The number of carbonyl (C=O) groups excluding carboxylic acids is 1. The lowest BCUT2D eigenvalue weighted by Gasteiger charge is -2.24. The number of ether oxygens (including phenoxy) is 1. The molecule has 0 aromatic heterocycles. The number of rotatable bonds is 4. The fraction of sp³-hybridized carbons (Fsp3) is 0.333. The van der Waals surface area contributed by atoms with Gasteiger partial charge in [-0.2, -0.15) is 18.4 Å². The highest BCUT2D eigenvalue weighted by molar-refractivity contribution is 7.89. The zero-order valence-corrected chi connectivity index (χ0v) is 17.7. The molecule has 0 aliphatic carbocycles. The minimum absolute atomic E-state index is 0.0301. The molecule has 0 radical (unpaired) electrons. The van der Waals surface area contributed by atoms with Gasteiger partial charge in [0.2, 0.25) is 0 Å². The Labute approximate surface area is 177 Å². The number of nitrogens with zero attached hydrogens (tertiary/aromatic N) is 2. The van der Waals surface area contributed by atoms with E-state index in [1.807, 2.05) is 0 Å². The second kappa shape index (κ2) is 7.57. The van der Waals surface area contributed by atoms with Crippen LogP contribution in [0, 0.1) is 23.7 Å². The highest BCUT2D eigenvalue weighted by atomic mass is 32.2. The predicted molar refractivity (Wildman–Crippen MR) is 104 cm³/mol. The van der Waals surface area contributed by atoms with Crippen LogP contribution in [-0.2, 0) is 21.0 Å². The van der Waals surface area contributed by atoms with Crippen molar-refractivity contribution >= 4 is 15.9 Å². The number of alkyl halides is 3. The van der Waals surface area contributed by atoms with Crippen molar-refractivity contribution in [3.8, 4) is 11.8 Å². The summed E-state index contributed by atoms with van der Waals surface area (Å²) < 4.78 is 72.2. The number of nitriles is 1. The van der Waals surface area contributed by atoms with Gasteiger partial charge in [0.25, 0.3) is 15.9 Å². The van der Waals surface area contributed by atoms with Crippen LogP contribution in [0.25, 0.3) is 0 Å². The molecule has 2 aromatic rings. The molecule has 1 aliphatic heterocycles. The average Bonchev–Trinajstić information content (AvgIpc) is 2.91. The standard InChI is InChI=1S/C21H19F3N2O4S/c1-13-6-4-5-7-17(13)31(28,29)26-12-20(2,3)18(19(26)27)30-15-9-8-14(11-25)16(10-15)21(22,23)24/h4-10,18H,12H2,1-3H3. The summed E-state index contributed by atoms with van der Waals surface area (Å²) in [5, 5.41) is 8.92. The lowest BCUT2D eigenvalue weighted by Crippen LogP contribution is -2.38. The molecule has 0 saturated carbocycles. The van der Waals surface area contributed by atoms with E-state index in [1.54, 1.807) is 32.9 Å². The number of hydrogen-bond acceptors (Lipinski definition) is 5. The Bertz CT molecular complexity index is 1180. The SMILES string of the molecule is Cc1ccccc1S(=O)(=O)N1CC(C)(C)C(Oc2ccc(C#N)c(C(F)(F)F)c2)C1=O. The maximum atomic E-state index is 13.2. The first kappa shape index (κ1) is 22.6. The number of carbonyl (C=O) groups is 1. The third kappa shape index (κ3) is 4.10. The van der Waals surface area contributed by atoms with Crippen molar-refractivity contribution in [3.05, 3.63) is 59.2 Å². The first-order chi connectivity index (χ1) is 14.3. The molecule has 6 nitrogen and oxygen atoms in total. The van der Waals surface area contributed by atoms with Gasteiger partial charge in [0.15, 0.2) is 6.10 Å². The zero-order chi connectivity index (χ0) is 23.2. The molecule has 1 unspecified atom stereocenters. The van der Waals surface area contributed by atoms with Gasteiger partial charge in [0.05, 0.1) is 22.1 Å². The van der Waals surface area contributed by atoms with Gasteiger partial charge in [-0.25, -0.2) is 12.7 Å². The van der Waals surface area contributed by atoms with Crippen LogP contribution in [-0.4, -0.2) is 31.3 Å². The number of halogens is 3. The van der Waals surface area contributed by atoms with E-state index in [-0.39, 0.29) is 17.2 Å². The second-order valence-electron chi connectivity index (χ2n) is 7.92. The van der Waals surface area contributed by atoms with Crippen molar-refractivity contribution in [2.45, 2.75) is 37.9 Å². The smallest absolute Gasteiger partial charge is 0.417 e. The highest BCUT2D eigenvalue weighted by Crippen LogP contribution is 2.39. The molecule has 3 rings (SSSR count). The summed E-state index contributed by atoms with van der Waals surface area (Å²) in [5.74, 6) is -1.15. The highest BCUT2D eigenvalue weighted by Gasteiger charge is 2.53. The van der Waals surface area contributed by atoms with Crippen LogP contribution in [0.15, 0.2) is 47.4 Å². The van der Waals surface area contributed by atoms with E-state index >= 15 is 0 Å². The fourth-order valence-corrected chi connectivity index (χ4v) is 5.24. The van der Waals surface area contributed by atoms with Gasteiger partial charge in [-0.3, -0.25) is 4.79 Å². The molecule has 2 aromatic carbocycles. The van der Waals surface area contributed by atoms with Crippen LogP contribution in [0.2, 0.25) is 0 Å². The number of benzene rings is 2. The minimum Gasteiger partial charge on any atom is -0.480 e. The third-order valence-corrected chi connectivity index (χ3v) is 6.97. The van der Waals surface area contributed by atoms with E-state index in [0.29, 0.717) is 15.9 Å². The first-order valence-corrected chi connectivity index (χ1v) is 10.6. The molecular weight excluding hydrogens is 433 g/mol. The third-order valence-electron chi connectivity index (χ3n) is 5.06. The van der Waals surface area contributed by atoms with Gasteiger partial charge in [-0.05, 0) is 36.8 Å². The molecule has 31 heavy (non-hydrogen) atoms. The van der Waals surface area contributed by atoms with Crippen LogP contribution in [0.5, 0.6) is 5.75 Å². The monoisotopic (exact) mass is 452 g/mol. The normalized spacial score (nSPS) is 18.7. The van der Waals surface area contributed by atoms with Crippen molar-refractivity contribution in [2.24, 2.45) is 5.41 Å². The summed E-state index contributed by atoms with van der Waals surface area (Å²) in [6, 6.07) is 10.4. The van der Waals surface area contributed by atoms with Gasteiger partial charge < -0.3 is 4.74 Å². The van der Waals surface area contributed by atoms with Gasteiger partial charge in [0, 0.05) is 12.0 Å². The van der Waals surface area contributed by atoms with Gasteiger partial charge in [-0.1, -0.05) is 32.0 Å². The summed E-state index contributed by atoms with van der Waals surface area (Å²) in [7, 11) is -4.18. The van der Waals surface area contributed by atoms with E-state index in [1.165, 1.54) is 18.2 Å². The molecule has 1 amide bonds. The van der Waals surface area contributed by atoms with Gasteiger partial charge >= 0.3 is 6.18 Å². The molecular formula is C21H19F3N2O4S. The maximum absolute atomic E-state index is 13.2. The minimum atomic E-state index is -4.79. The Kier molecular flexibility index (Phi) is 5.52. The van der Waals surface area contributed by atoms with Crippen LogP contribution in [0.3, 0.4) is 0 Å². The number of hydrogen-bond donors (Lipinski definition) is 0. The zero-order valence-electron chi connectivity index (χ0n) is 16.9. The van der Waals surface area contributed by atoms with E-state index in [2.05, 4.69) is 0 Å². The Morgan fingerprint density at radius 3 is 2.42 bits per heavy atom. The number of amides is 1. The number of sulfonamides is 1. The lowest BCUT2D eigenvalue weighted by atomic mass is 9.89. The summed E-state index contributed by atoms with van der Waals surface area (Å²) >= 11 is 0. The van der Waals surface area contributed by atoms with Crippen molar-refractivity contribution in [1.82, 2.24) is 4.31 Å². The topological polar surface area (TPSA) is 87.5 Å². The Balaban J connectivity index is 1.97. The van der Waals surface area contributed by atoms with Crippen molar-refractivity contribution in [1.29, 1.82) is 5.26 Å². The second-order valence-corrected chi connectivity index (χ2v) is 9.75. The first-order valence-electron chi connectivity index (χ1n) is 9.19. The van der Waals surface area contributed by atoms with E-state index < -0.39 is 44.8 Å². The van der Waals surface area contributed by atoms with Crippen molar-refractivity contribution < 1.29 is 31.1 Å². The Hall–Kier alpha value is -3.06. The molecule has 1 saturated heterocycles. The molecule has 164 valence electrons. The Morgan fingerprint density at radius 2 is 1.84 bits per heavy atom. The molecule has 1 aliphatic rings. The largest absolute Gasteiger partial charge is 0.480 e.